The predicted octanol–water partition coefficient (Wildman–Crippen LogP) is 3.48. The van der Waals surface area contributed by atoms with E-state index in [1.807, 2.05) is 6.07 Å². The highest BCUT2D eigenvalue weighted by Gasteiger charge is 2.23. The standard InChI is InChI=1S/C21H26N4O3S/c1-14-7-15(2)11-25(10-14)18-9-20(23-13-22-18)29-12-19(26)24-17-6-4-5-16(8-17)21(27)28-3/h4-6,8-9,13-15H,7,10-12H2,1-3H3,(H,24,26)/t14-,15+. The van der Waals surface area contributed by atoms with Crippen molar-refractivity contribution in [3.8, 4) is 0 Å². The average molecular weight is 415 g/mol. The number of carbonyl (C=O) groups excluding carboxylic acids is 2. The van der Waals surface area contributed by atoms with Crippen molar-refractivity contribution in [2.45, 2.75) is 25.3 Å². The normalized spacial score (nSPS) is 18.9. The maximum Gasteiger partial charge on any atom is 0.337 e. The molecule has 0 unspecified atom stereocenters. The lowest BCUT2D eigenvalue weighted by Gasteiger charge is -2.35. The van der Waals surface area contributed by atoms with Crippen molar-refractivity contribution in [2.75, 3.05) is 36.2 Å². The zero-order chi connectivity index (χ0) is 20.8. The number of benzene rings is 1. The second-order valence-corrected chi connectivity index (χ2v) is 8.47. The SMILES string of the molecule is COC(=O)c1cccc(NC(=O)CSc2cc(N3C[C@H](C)C[C@H](C)C3)ncn2)c1. The molecule has 0 saturated carbocycles. The number of esters is 1. The number of rotatable bonds is 6. The molecule has 0 bridgehead atoms. The number of methoxy groups -OCH3 is 1. The van der Waals surface area contributed by atoms with Crippen LogP contribution in [-0.4, -0.2) is 47.8 Å². The molecule has 1 fully saturated rings. The van der Waals surface area contributed by atoms with Gasteiger partial charge in [-0.2, -0.15) is 0 Å². The van der Waals surface area contributed by atoms with Gasteiger partial charge in [-0.15, -0.1) is 0 Å². The highest BCUT2D eigenvalue weighted by atomic mass is 32.2. The number of carbonyl (C=O) groups is 2. The Morgan fingerprint density at radius 1 is 1.21 bits per heavy atom. The minimum absolute atomic E-state index is 0.169. The molecular weight excluding hydrogens is 388 g/mol. The number of aromatic nitrogens is 2. The van der Waals surface area contributed by atoms with Crippen molar-refractivity contribution < 1.29 is 14.3 Å². The van der Waals surface area contributed by atoms with E-state index >= 15 is 0 Å². The lowest BCUT2D eigenvalue weighted by molar-refractivity contribution is -0.113. The van der Waals surface area contributed by atoms with E-state index in [0.717, 1.165) is 23.9 Å². The van der Waals surface area contributed by atoms with Gasteiger partial charge in [-0.05, 0) is 36.5 Å². The van der Waals surface area contributed by atoms with Crippen LogP contribution in [0.15, 0.2) is 41.7 Å². The first-order chi connectivity index (χ1) is 13.9. The number of amides is 1. The fourth-order valence-electron chi connectivity index (χ4n) is 3.61. The molecule has 3 rings (SSSR count). The van der Waals surface area contributed by atoms with Crippen LogP contribution in [0.2, 0.25) is 0 Å². The summed E-state index contributed by atoms with van der Waals surface area (Å²) in [4.78, 5) is 34.9. The molecule has 1 amide bonds. The highest BCUT2D eigenvalue weighted by molar-refractivity contribution is 7.99. The average Bonchev–Trinajstić information content (AvgIpc) is 2.71. The van der Waals surface area contributed by atoms with Gasteiger partial charge >= 0.3 is 5.97 Å². The molecule has 1 aromatic heterocycles. The lowest BCUT2D eigenvalue weighted by atomic mass is 9.92. The van der Waals surface area contributed by atoms with Crippen molar-refractivity contribution in [1.82, 2.24) is 9.97 Å². The minimum atomic E-state index is -0.440. The van der Waals surface area contributed by atoms with Crippen LogP contribution in [0.5, 0.6) is 0 Å². The Balaban J connectivity index is 1.57. The van der Waals surface area contributed by atoms with Crippen LogP contribution >= 0.6 is 11.8 Å². The van der Waals surface area contributed by atoms with E-state index in [1.54, 1.807) is 30.6 Å². The second kappa shape index (κ2) is 9.73. The number of piperidine rings is 1. The molecule has 0 aliphatic carbocycles. The van der Waals surface area contributed by atoms with Crippen LogP contribution in [0.3, 0.4) is 0 Å². The molecule has 0 radical (unpaired) electrons. The van der Waals surface area contributed by atoms with E-state index in [0.29, 0.717) is 23.1 Å². The van der Waals surface area contributed by atoms with Crippen LogP contribution < -0.4 is 10.2 Å². The predicted molar refractivity (Wildman–Crippen MR) is 114 cm³/mol. The van der Waals surface area contributed by atoms with E-state index < -0.39 is 5.97 Å². The molecule has 2 aromatic rings. The van der Waals surface area contributed by atoms with Gasteiger partial charge in [0.1, 0.15) is 17.2 Å². The molecule has 1 aliphatic rings. The molecule has 2 atom stereocenters. The summed E-state index contributed by atoms with van der Waals surface area (Å²) >= 11 is 1.36. The van der Waals surface area contributed by atoms with Crippen molar-refractivity contribution in [3.63, 3.8) is 0 Å². The Labute approximate surface area is 175 Å². The Kier molecular flexibility index (Phi) is 7.09. The van der Waals surface area contributed by atoms with E-state index in [1.165, 1.54) is 25.3 Å². The van der Waals surface area contributed by atoms with E-state index in [4.69, 9.17) is 4.74 Å². The third kappa shape index (κ3) is 5.93. The van der Waals surface area contributed by atoms with Crippen molar-refractivity contribution in [1.29, 1.82) is 0 Å². The van der Waals surface area contributed by atoms with Crippen molar-refractivity contribution >= 4 is 35.1 Å². The number of nitrogens with zero attached hydrogens (tertiary/aromatic N) is 3. The van der Waals surface area contributed by atoms with Crippen LogP contribution in [0, 0.1) is 11.8 Å². The Hall–Kier alpha value is -2.61. The molecule has 8 heteroatoms. The van der Waals surface area contributed by atoms with Gasteiger partial charge in [-0.1, -0.05) is 31.7 Å². The van der Waals surface area contributed by atoms with Gasteiger partial charge in [0.25, 0.3) is 0 Å². The molecular formula is C21H26N4O3S. The lowest BCUT2D eigenvalue weighted by Crippen LogP contribution is -2.39. The zero-order valence-electron chi connectivity index (χ0n) is 16.9. The number of thioether (sulfide) groups is 1. The summed E-state index contributed by atoms with van der Waals surface area (Å²) in [6, 6.07) is 8.61. The molecule has 29 heavy (non-hydrogen) atoms. The van der Waals surface area contributed by atoms with Gasteiger partial charge in [0.05, 0.1) is 18.4 Å². The maximum absolute atomic E-state index is 12.3. The number of anilines is 2. The summed E-state index contributed by atoms with van der Waals surface area (Å²) in [5.41, 5.74) is 0.946. The number of ether oxygens (including phenoxy) is 1. The molecule has 1 saturated heterocycles. The van der Waals surface area contributed by atoms with E-state index in [9.17, 15) is 9.59 Å². The topological polar surface area (TPSA) is 84.4 Å². The first-order valence-corrected chi connectivity index (χ1v) is 10.6. The number of hydrogen-bond donors (Lipinski definition) is 1. The van der Waals surface area contributed by atoms with Gasteiger partial charge < -0.3 is 15.0 Å². The first kappa shape index (κ1) is 21.1. The fraction of sp³-hybridized carbons (Fsp3) is 0.429. The van der Waals surface area contributed by atoms with Crippen molar-refractivity contribution in [2.24, 2.45) is 11.8 Å². The van der Waals surface area contributed by atoms with Crippen LogP contribution in [-0.2, 0) is 9.53 Å². The molecule has 1 N–H and O–H groups in total. The molecule has 2 heterocycles. The Morgan fingerprint density at radius 2 is 1.97 bits per heavy atom. The Bertz CT molecular complexity index is 867. The highest BCUT2D eigenvalue weighted by Crippen LogP contribution is 2.27. The second-order valence-electron chi connectivity index (χ2n) is 7.47. The summed E-state index contributed by atoms with van der Waals surface area (Å²) in [7, 11) is 1.32. The molecule has 0 spiro atoms. The van der Waals surface area contributed by atoms with Crippen LogP contribution in [0.1, 0.15) is 30.6 Å². The number of nitrogens with one attached hydrogen (secondary N) is 1. The smallest absolute Gasteiger partial charge is 0.337 e. The Morgan fingerprint density at radius 3 is 2.69 bits per heavy atom. The largest absolute Gasteiger partial charge is 0.465 e. The zero-order valence-corrected chi connectivity index (χ0v) is 17.7. The summed E-state index contributed by atoms with van der Waals surface area (Å²) in [5.74, 6) is 1.79. The van der Waals surface area contributed by atoms with Gasteiger partial charge in [0.15, 0.2) is 0 Å². The van der Waals surface area contributed by atoms with E-state index in [2.05, 4.69) is 34.0 Å². The third-order valence-corrected chi connectivity index (χ3v) is 5.66. The molecule has 7 nitrogen and oxygen atoms in total. The van der Waals surface area contributed by atoms with Crippen molar-refractivity contribution in [3.05, 3.63) is 42.2 Å². The molecule has 1 aliphatic heterocycles. The summed E-state index contributed by atoms with van der Waals surface area (Å²) in [6.45, 7) is 6.50. The minimum Gasteiger partial charge on any atom is -0.465 e. The van der Waals surface area contributed by atoms with E-state index in [-0.39, 0.29) is 11.7 Å². The third-order valence-electron chi connectivity index (χ3n) is 4.74. The van der Waals surface area contributed by atoms with Gasteiger partial charge in [-0.25, -0.2) is 14.8 Å². The monoisotopic (exact) mass is 414 g/mol. The first-order valence-electron chi connectivity index (χ1n) is 9.62. The maximum atomic E-state index is 12.3. The fourth-order valence-corrected chi connectivity index (χ4v) is 4.27. The van der Waals surface area contributed by atoms with Crippen LogP contribution in [0.25, 0.3) is 0 Å². The molecule has 1 aromatic carbocycles. The summed E-state index contributed by atoms with van der Waals surface area (Å²) in [5, 5.41) is 3.56. The number of hydrogen-bond acceptors (Lipinski definition) is 7. The van der Waals surface area contributed by atoms with Crippen LogP contribution in [0.4, 0.5) is 11.5 Å². The molecule has 154 valence electrons. The summed E-state index contributed by atoms with van der Waals surface area (Å²) in [6.07, 6.45) is 2.79. The quantitative estimate of drug-likeness (QED) is 0.440. The van der Waals surface area contributed by atoms with Gasteiger partial charge in [0, 0.05) is 24.8 Å². The summed E-state index contributed by atoms with van der Waals surface area (Å²) < 4.78 is 4.70. The van der Waals surface area contributed by atoms with Gasteiger partial charge in [-0.3, -0.25) is 4.79 Å². The van der Waals surface area contributed by atoms with Gasteiger partial charge in [0.2, 0.25) is 5.91 Å².